The van der Waals surface area contributed by atoms with Gasteiger partial charge in [0.05, 0.1) is 17.8 Å². The molecule has 0 fully saturated rings. The van der Waals surface area contributed by atoms with E-state index >= 15 is 0 Å². The second-order valence-corrected chi connectivity index (χ2v) is 5.50. The fourth-order valence-electron chi connectivity index (χ4n) is 2.43. The summed E-state index contributed by atoms with van der Waals surface area (Å²) in [6.45, 7) is 5.07. The van der Waals surface area contributed by atoms with Gasteiger partial charge in [-0.15, -0.1) is 0 Å². The first-order chi connectivity index (χ1) is 9.55. The number of rotatable bonds is 2. The topological polar surface area (TPSA) is 32.7 Å². The highest BCUT2D eigenvalue weighted by molar-refractivity contribution is 5.70. The average Bonchev–Trinajstić information content (AvgIpc) is 2.46. The monoisotopic (exact) mass is 268 g/mol. The van der Waals surface area contributed by atoms with Crippen molar-refractivity contribution in [2.45, 2.75) is 19.4 Å². The molecule has 1 aliphatic rings. The van der Waals surface area contributed by atoms with E-state index in [9.17, 15) is 5.11 Å². The number of ether oxygens (including phenoxy) is 1. The van der Waals surface area contributed by atoms with E-state index in [0.29, 0.717) is 6.61 Å². The molecule has 0 atom stereocenters. The van der Waals surface area contributed by atoms with Crippen molar-refractivity contribution in [1.29, 1.82) is 0 Å². The fraction of sp³-hybridized carbons (Fsp3) is 0.294. The van der Waals surface area contributed by atoms with Gasteiger partial charge in [0.1, 0.15) is 12.4 Å². The Balaban J connectivity index is 1.95. The van der Waals surface area contributed by atoms with Crippen LogP contribution in [0.5, 0.6) is 5.75 Å². The van der Waals surface area contributed by atoms with Crippen molar-refractivity contribution < 1.29 is 9.84 Å². The van der Waals surface area contributed by atoms with E-state index in [4.69, 9.17) is 4.74 Å². The maximum atomic E-state index is 10.0. The van der Waals surface area contributed by atoms with Crippen LogP contribution in [0.3, 0.4) is 0 Å². The van der Waals surface area contributed by atoms with E-state index in [-0.39, 0.29) is 0 Å². The van der Waals surface area contributed by atoms with Crippen LogP contribution in [0.2, 0.25) is 0 Å². The molecule has 0 aromatic heterocycles. The Kier molecular flexibility index (Phi) is 3.14. The Bertz CT molecular complexity index is 599. The molecule has 0 saturated heterocycles. The Morgan fingerprint density at radius 2 is 1.95 bits per heavy atom. The predicted molar refractivity (Wildman–Crippen MR) is 79.5 cm³/mol. The third-order valence-electron chi connectivity index (χ3n) is 3.55. The fourth-order valence-corrected chi connectivity index (χ4v) is 2.43. The third-order valence-corrected chi connectivity index (χ3v) is 3.55. The van der Waals surface area contributed by atoms with Gasteiger partial charge in [0, 0.05) is 5.69 Å². The maximum absolute atomic E-state index is 10.0. The quantitative estimate of drug-likeness (QED) is 0.907. The molecule has 2 aromatic carbocycles. The summed E-state index contributed by atoms with van der Waals surface area (Å²) in [5, 5.41) is 10.0. The first-order valence-corrected chi connectivity index (χ1v) is 6.79. The lowest BCUT2D eigenvalue weighted by molar-refractivity contribution is 0.0786. The van der Waals surface area contributed by atoms with Crippen molar-refractivity contribution >= 4 is 11.4 Å². The van der Waals surface area contributed by atoms with Crippen LogP contribution in [0.15, 0.2) is 42.5 Å². The van der Waals surface area contributed by atoms with Crippen molar-refractivity contribution in [2.75, 3.05) is 18.1 Å². The Hall–Kier alpha value is -2.00. The Morgan fingerprint density at radius 1 is 1.20 bits per heavy atom. The zero-order valence-electron chi connectivity index (χ0n) is 11.8. The number of benzene rings is 2. The number of hydrogen-bond acceptors (Lipinski definition) is 3. The molecule has 0 amide bonds. The summed E-state index contributed by atoms with van der Waals surface area (Å²) in [6.07, 6.45) is 0. The van der Waals surface area contributed by atoms with Crippen molar-refractivity contribution in [3.05, 3.63) is 54.1 Å². The molecule has 2 aromatic rings. The minimum Gasteiger partial charge on any atom is -0.490 e. The van der Waals surface area contributed by atoms with Gasteiger partial charge in [-0.3, -0.25) is 0 Å². The highest BCUT2D eigenvalue weighted by atomic mass is 16.5. The largest absolute Gasteiger partial charge is 0.490 e. The van der Waals surface area contributed by atoms with Crippen LogP contribution in [0.1, 0.15) is 19.4 Å². The summed E-state index contributed by atoms with van der Waals surface area (Å²) >= 11 is 0. The molecule has 0 saturated carbocycles. The SMILES string of the molecule is CC(C)(O)c1ccc(N2CCOc3c[c]ccc32)cc1. The summed E-state index contributed by atoms with van der Waals surface area (Å²) in [5.41, 5.74) is 2.27. The van der Waals surface area contributed by atoms with Crippen LogP contribution in [0.25, 0.3) is 0 Å². The van der Waals surface area contributed by atoms with Crippen LogP contribution in [-0.2, 0) is 5.60 Å². The molecular weight excluding hydrogens is 250 g/mol. The lowest BCUT2D eigenvalue weighted by Gasteiger charge is -2.31. The highest BCUT2D eigenvalue weighted by Crippen LogP contribution is 2.36. The number of aliphatic hydroxyl groups is 1. The summed E-state index contributed by atoms with van der Waals surface area (Å²) in [4.78, 5) is 2.22. The minimum atomic E-state index is -0.809. The second kappa shape index (κ2) is 4.84. The van der Waals surface area contributed by atoms with Gasteiger partial charge in [0.15, 0.2) is 0 Å². The predicted octanol–water partition coefficient (Wildman–Crippen LogP) is 3.24. The summed E-state index contributed by atoms with van der Waals surface area (Å²) in [6, 6.07) is 16.8. The molecule has 3 rings (SSSR count). The molecule has 1 aliphatic heterocycles. The summed E-state index contributed by atoms with van der Waals surface area (Å²) < 4.78 is 5.64. The van der Waals surface area contributed by atoms with Crippen LogP contribution < -0.4 is 9.64 Å². The van der Waals surface area contributed by atoms with Gasteiger partial charge in [0.2, 0.25) is 0 Å². The molecule has 20 heavy (non-hydrogen) atoms. The molecule has 3 nitrogen and oxygen atoms in total. The van der Waals surface area contributed by atoms with Gasteiger partial charge in [-0.25, -0.2) is 0 Å². The molecule has 0 bridgehead atoms. The van der Waals surface area contributed by atoms with E-state index in [2.05, 4.69) is 11.0 Å². The molecule has 3 heteroatoms. The number of anilines is 2. The lowest BCUT2D eigenvalue weighted by Crippen LogP contribution is -2.28. The highest BCUT2D eigenvalue weighted by Gasteiger charge is 2.20. The van der Waals surface area contributed by atoms with Gasteiger partial charge in [-0.2, -0.15) is 0 Å². The van der Waals surface area contributed by atoms with Gasteiger partial charge in [0.25, 0.3) is 0 Å². The lowest BCUT2D eigenvalue weighted by atomic mass is 9.98. The standard InChI is InChI=1S/C17H18NO2/c1-17(2,19)13-7-9-14(10-8-13)18-11-12-20-16-6-4-3-5-15(16)18/h3,5-10,19H,11-12H2,1-2H3. The Morgan fingerprint density at radius 3 is 2.65 bits per heavy atom. The van der Waals surface area contributed by atoms with Crippen LogP contribution in [0.4, 0.5) is 11.4 Å². The molecule has 1 heterocycles. The van der Waals surface area contributed by atoms with Crippen molar-refractivity contribution in [1.82, 2.24) is 0 Å². The second-order valence-electron chi connectivity index (χ2n) is 5.50. The molecule has 103 valence electrons. The minimum absolute atomic E-state index is 0.665. The number of fused-ring (bicyclic) bond motifs is 1. The van der Waals surface area contributed by atoms with Gasteiger partial charge in [-0.05, 0) is 49.7 Å². The van der Waals surface area contributed by atoms with Crippen LogP contribution in [0, 0.1) is 6.07 Å². The summed E-state index contributed by atoms with van der Waals surface area (Å²) in [7, 11) is 0. The summed E-state index contributed by atoms with van der Waals surface area (Å²) in [5.74, 6) is 0.866. The van der Waals surface area contributed by atoms with Crippen LogP contribution >= 0.6 is 0 Å². The number of nitrogens with zero attached hydrogens (tertiary/aromatic N) is 1. The van der Waals surface area contributed by atoms with Gasteiger partial charge < -0.3 is 14.7 Å². The molecule has 1 N–H and O–H groups in total. The van der Waals surface area contributed by atoms with Gasteiger partial charge in [-0.1, -0.05) is 18.2 Å². The Labute approximate surface area is 119 Å². The first kappa shape index (κ1) is 13.0. The molecule has 0 unspecified atom stereocenters. The smallest absolute Gasteiger partial charge is 0.143 e. The van der Waals surface area contributed by atoms with E-state index < -0.39 is 5.60 Å². The molecule has 1 radical (unpaired) electrons. The van der Waals surface area contributed by atoms with Crippen molar-refractivity contribution in [2.24, 2.45) is 0 Å². The van der Waals surface area contributed by atoms with E-state index in [1.165, 1.54) is 0 Å². The van der Waals surface area contributed by atoms with E-state index in [1.807, 2.05) is 42.5 Å². The van der Waals surface area contributed by atoms with Crippen molar-refractivity contribution in [3.8, 4) is 5.75 Å². The van der Waals surface area contributed by atoms with E-state index in [1.54, 1.807) is 13.8 Å². The average molecular weight is 268 g/mol. The molecule has 0 spiro atoms. The van der Waals surface area contributed by atoms with Gasteiger partial charge >= 0.3 is 0 Å². The van der Waals surface area contributed by atoms with Crippen LogP contribution in [-0.4, -0.2) is 18.3 Å². The first-order valence-electron chi connectivity index (χ1n) is 6.79. The molecular formula is C17H18NO2. The number of hydrogen-bond donors (Lipinski definition) is 1. The third kappa shape index (κ3) is 2.37. The zero-order valence-corrected chi connectivity index (χ0v) is 11.8. The zero-order chi connectivity index (χ0) is 14.2. The van der Waals surface area contributed by atoms with E-state index in [0.717, 1.165) is 29.2 Å². The normalized spacial score (nSPS) is 14.7. The van der Waals surface area contributed by atoms with Crippen molar-refractivity contribution in [3.63, 3.8) is 0 Å². The maximum Gasteiger partial charge on any atom is 0.143 e. The molecule has 0 aliphatic carbocycles.